The van der Waals surface area contributed by atoms with Crippen molar-refractivity contribution in [1.29, 1.82) is 0 Å². The Morgan fingerprint density at radius 3 is 3.00 bits per heavy atom. The van der Waals surface area contributed by atoms with E-state index in [4.69, 9.17) is 5.11 Å². The van der Waals surface area contributed by atoms with Gasteiger partial charge in [0.2, 0.25) is 5.76 Å². The van der Waals surface area contributed by atoms with Crippen LogP contribution in [0.25, 0.3) is 0 Å². The summed E-state index contributed by atoms with van der Waals surface area (Å²) in [4.78, 5) is 9.94. The molecule has 0 unspecified atom stereocenters. The van der Waals surface area contributed by atoms with E-state index in [1.54, 1.807) is 13.0 Å². The van der Waals surface area contributed by atoms with Gasteiger partial charge in [0.1, 0.15) is 0 Å². The molecule has 1 N–H and O–H groups in total. The van der Waals surface area contributed by atoms with Crippen molar-refractivity contribution < 1.29 is 14.4 Å². The molecule has 0 aliphatic heterocycles. The van der Waals surface area contributed by atoms with Gasteiger partial charge in [-0.05, 0) is 12.8 Å². The number of hydrogen-bond donors (Lipinski definition) is 1. The van der Waals surface area contributed by atoms with Crippen LogP contribution in [0.5, 0.6) is 0 Å². The minimum absolute atomic E-state index is 0.268. The van der Waals surface area contributed by atoms with Gasteiger partial charge < -0.3 is 9.63 Å². The van der Waals surface area contributed by atoms with Crippen LogP contribution in [0.4, 0.5) is 0 Å². The van der Waals surface area contributed by atoms with E-state index < -0.39 is 5.97 Å². The van der Waals surface area contributed by atoms with Crippen LogP contribution in [0.1, 0.15) is 11.5 Å². The first-order chi connectivity index (χ1) is 5.18. The second-order valence-electron chi connectivity index (χ2n) is 1.89. The Morgan fingerprint density at radius 1 is 1.82 bits per heavy atom. The average Bonchev–Trinajstić information content (AvgIpc) is 2.31. The molecule has 4 heteroatoms. The molecule has 0 amide bonds. The summed E-state index contributed by atoms with van der Waals surface area (Å²) in [5, 5.41) is 11.7. The first kappa shape index (κ1) is 7.35. The van der Waals surface area contributed by atoms with Crippen molar-refractivity contribution >= 4 is 5.97 Å². The summed E-state index contributed by atoms with van der Waals surface area (Å²) in [5.41, 5.74) is 0.680. The second-order valence-corrected chi connectivity index (χ2v) is 1.89. The molecule has 1 heterocycles. The van der Waals surface area contributed by atoms with E-state index in [9.17, 15) is 4.79 Å². The monoisotopic (exact) mass is 151 g/mol. The molecule has 56 valence electrons. The van der Waals surface area contributed by atoms with Crippen molar-refractivity contribution in [2.45, 2.75) is 6.92 Å². The highest BCUT2D eigenvalue weighted by Gasteiger charge is 1.94. The molecule has 11 heavy (non-hydrogen) atoms. The van der Waals surface area contributed by atoms with Crippen molar-refractivity contribution in [3.05, 3.63) is 17.5 Å². The van der Waals surface area contributed by atoms with E-state index in [2.05, 4.69) is 15.6 Å². The van der Waals surface area contributed by atoms with Crippen LogP contribution in [0, 0.1) is 18.8 Å². The molecule has 0 atom stereocenters. The maximum Gasteiger partial charge on any atom is 0.382 e. The fourth-order valence-electron chi connectivity index (χ4n) is 0.538. The molecule has 0 aliphatic carbocycles. The Morgan fingerprint density at radius 2 is 2.55 bits per heavy atom. The van der Waals surface area contributed by atoms with Gasteiger partial charge in [0.15, 0.2) is 0 Å². The van der Waals surface area contributed by atoms with Gasteiger partial charge in [0.05, 0.1) is 5.69 Å². The number of hydrogen-bond acceptors (Lipinski definition) is 3. The largest absolute Gasteiger partial charge is 0.472 e. The first-order valence-corrected chi connectivity index (χ1v) is 2.87. The Labute approximate surface area is 62.8 Å². The van der Waals surface area contributed by atoms with Crippen LogP contribution in [0.15, 0.2) is 10.6 Å². The van der Waals surface area contributed by atoms with Gasteiger partial charge >= 0.3 is 5.97 Å². The van der Waals surface area contributed by atoms with Crippen LogP contribution in [0.2, 0.25) is 0 Å². The van der Waals surface area contributed by atoms with Crippen molar-refractivity contribution in [3.63, 3.8) is 0 Å². The summed E-state index contributed by atoms with van der Waals surface area (Å²) < 4.78 is 4.63. The fraction of sp³-hybridized carbons (Fsp3) is 0.143. The molecule has 1 aromatic rings. The molecule has 0 bridgehead atoms. The Bertz CT molecular complexity index is 329. The zero-order valence-corrected chi connectivity index (χ0v) is 5.79. The smallest absolute Gasteiger partial charge is 0.382 e. The summed E-state index contributed by atoms with van der Waals surface area (Å²) in [6.45, 7) is 1.73. The number of aromatic nitrogens is 1. The summed E-state index contributed by atoms with van der Waals surface area (Å²) in [6, 6.07) is 1.57. The van der Waals surface area contributed by atoms with E-state index in [0.717, 1.165) is 0 Å². The van der Waals surface area contributed by atoms with E-state index in [-0.39, 0.29) is 5.76 Å². The maximum atomic E-state index is 9.94. The van der Waals surface area contributed by atoms with Crippen molar-refractivity contribution in [2.24, 2.45) is 0 Å². The Balaban J connectivity index is 2.82. The highest BCUT2D eigenvalue weighted by Crippen LogP contribution is 1.98. The zero-order valence-electron chi connectivity index (χ0n) is 5.79. The van der Waals surface area contributed by atoms with E-state index >= 15 is 0 Å². The maximum absolute atomic E-state index is 9.94. The summed E-state index contributed by atoms with van der Waals surface area (Å²) in [6.07, 6.45) is 0. The molecule has 4 nitrogen and oxygen atoms in total. The van der Waals surface area contributed by atoms with Crippen molar-refractivity contribution in [2.75, 3.05) is 0 Å². The molecule has 1 aromatic heterocycles. The summed E-state index contributed by atoms with van der Waals surface area (Å²) >= 11 is 0. The van der Waals surface area contributed by atoms with Crippen LogP contribution in [-0.2, 0) is 4.79 Å². The first-order valence-electron chi connectivity index (χ1n) is 2.87. The third-order valence-corrected chi connectivity index (χ3v) is 0.921. The van der Waals surface area contributed by atoms with E-state index in [1.165, 1.54) is 0 Å². The Kier molecular flexibility index (Phi) is 1.93. The van der Waals surface area contributed by atoms with Crippen LogP contribution in [0.3, 0.4) is 0 Å². The number of aliphatic carboxylic acids is 1. The average molecular weight is 151 g/mol. The summed E-state index contributed by atoms with van der Waals surface area (Å²) in [7, 11) is 0. The highest BCUT2D eigenvalue weighted by atomic mass is 16.5. The van der Waals surface area contributed by atoms with Crippen molar-refractivity contribution in [1.82, 2.24) is 5.16 Å². The van der Waals surface area contributed by atoms with E-state index in [1.807, 2.05) is 5.92 Å². The lowest BCUT2D eigenvalue weighted by Crippen LogP contribution is -1.86. The topological polar surface area (TPSA) is 63.3 Å². The Hall–Kier alpha value is -1.76. The molecule has 0 fully saturated rings. The molecular formula is C7H5NO3. The van der Waals surface area contributed by atoms with E-state index in [0.29, 0.717) is 5.69 Å². The van der Waals surface area contributed by atoms with Crippen molar-refractivity contribution in [3.8, 4) is 11.8 Å². The predicted molar refractivity (Wildman–Crippen MR) is 35.8 cm³/mol. The molecule has 0 spiro atoms. The normalized spacial score (nSPS) is 8.45. The quantitative estimate of drug-likeness (QED) is 0.546. The minimum atomic E-state index is -1.18. The third-order valence-electron chi connectivity index (χ3n) is 0.921. The number of rotatable bonds is 0. The molecule has 0 radical (unpaired) electrons. The van der Waals surface area contributed by atoms with Gasteiger partial charge in [-0.1, -0.05) is 5.16 Å². The minimum Gasteiger partial charge on any atom is -0.472 e. The van der Waals surface area contributed by atoms with Gasteiger partial charge in [0.25, 0.3) is 0 Å². The lowest BCUT2D eigenvalue weighted by Gasteiger charge is -1.71. The van der Waals surface area contributed by atoms with Crippen LogP contribution in [-0.4, -0.2) is 16.2 Å². The molecular weight excluding hydrogens is 146 g/mol. The second kappa shape index (κ2) is 2.88. The van der Waals surface area contributed by atoms with Crippen LogP contribution < -0.4 is 0 Å². The predicted octanol–water partition coefficient (Wildman–Crippen LogP) is 0.419. The van der Waals surface area contributed by atoms with Gasteiger partial charge in [-0.15, -0.1) is 0 Å². The van der Waals surface area contributed by atoms with Gasteiger partial charge in [-0.25, -0.2) is 4.79 Å². The number of nitrogens with zero attached hydrogens (tertiary/aromatic N) is 1. The molecule has 0 saturated heterocycles. The zero-order chi connectivity index (χ0) is 8.27. The third kappa shape index (κ3) is 2.14. The number of aryl methyl sites for hydroxylation is 1. The molecule has 0 aliphatic rings. The van der Waals surface area contributed by atoms with Gasteiger partial charge in [-0.3, -0.25) is 0 Å². The fourth-order valence-corrected chi connectivity index (χ4v) is 0.538. The lowest BCUT2D eigenvalue weighted by molar-refractivity contribution is -0.130. The standard InChI is InChI=1S/C7H5NO3/c1-5-4-6(11-8-5)2-3-7(9)10/h4H,1H3,(H,9,10). The highest BCUT2D eigenvalue weighted by molar-refractivity contribution is 5.87. The molecule has 1 rings (SSSR count). The summed E-state index contributed by atoms with van der Waals surface area (Å²) in [5.74, 6) is 3.28. The SMILES string of the molecule is Cc1cc(C#CC(=O)O)on1. The molecule has 0 aromatic carbocycles. The molecule has 0 saturated carbocycles. The number of carboxylic acid groups (broad SMARTS) is 1. The van der Waals surface area contributed by atoms with Gasteiger partial charge in [-0.2, -0.15) is 0 Å². The van der Waals surface area contributed by atoms with Gasteiger partial charge in [0, 0.05) is 12.0 Å². The lowest BCUT2D eigenvalue weighted by atomic mass is 10.4. The number of carbonyl (C=O) groups is 1. The van der Waals surface area contributed by atoms with Crippen LogP contribution >= 0.6 is 0 Å². The number of carboxylic acids is 1.